The van der Waals surface area contributed by atoms with Crippen LogP contribution in [0.2, 0.25) is 0 Å². The first kappa shape index (κ1) is 19.3. The number of rotatable bonds is 6. The van der Waals surface area contributed by atoms with Gasteiger partial charge in [-0.05, 0) is 43.4 Å². The van der Waals surface area contributed by atoms with Crippen LogP contribution >= 0.6 is 11.8 Å². The average molecular weight is 423 g/mol. The summed E-state index contributed by atoms with van der Waals surface area (Å²) in [6.45, 7) is 1.61. The van der Waals surface area contributed by atoms with E-state index in [0.29, 0.717) is 16.5 Å². The Hall–Kier alpha value is -2.67. The molecule has 5 nitrogen and oxygen atoms in total. The molecule has 5 rings (SSSR count). The Morgan fingerprint density at radius 1 is 1.00 bits per heavy atom. The highest BCUT2D eigenvalue weighted by Gasteiger charge is 2.35. The molecule has 2 aliphatic rings. The first-order valence-corrected chi connectivity index (χ1v) is 11.3. The van der Waals surface area contributed by atoms with E-state index >= 15 is 0 Å². The highest BCUT2D eigenvalue weighted by atomic mass is 32.2. The summed E-state index contributed by atoms with van der Waals surface area (Å²) in [4.78, 5) is 15.3. The standard InChI is InChI=1S/C23H23FN4OS/c24-19-11-5-4-10-18(19)21-25-26-23(28(21)17-12-13-17)30-20(16-8-2-1-3-9-16)22(29)27-14-6-7-15-27/h1-5,8-11,17,20H,6-7,12-15H2. The van der Waals surface area contributed by atoms with E-state index in [1.807, 2.05) is 39.8 Å². The summed E-state index contributed by atoms with van der Waals surface area (Å²) in [6, 6.07) is 16.8. The molecule has 0 spiro atoms. The SMILES string of the molecule is O=C(C(Sc1nnc(-c2ccccc2F)n1C1CC1)c1ccccc1)N1CCCC1. The quantitative estimate of drug-likeness (QED) is 0.532. The van der Waals surface area contributed by atoms with Crippen molar-refractivity contribution in [1.29, 1.82) is 0 Å². The number of hydrogen-bond donors (Lipinski definition) is 0. The van der Waals surface area contributed by atoms with Crippen molar-refractivity contribution in [2.75, 3.05) is 13.1 Å². The van der Waals surface area contributed by atoms with Gasteiger partial charge in [0, 0.05) is 19.1 Å². The molecule has 0 N–H and O–H groups in total. The average Bonchev–Trinajstić information content (AvgIpc) is 3.29. The third kappa shape index (κ3) is 3.74. The van der Waals surface area contributed by atoms with Crippen molar-refractivity contribution in [3.05, 3.63) is 66.0 Å². The van der Waals surface area contributed by atoms with Gasteiger partial charge in [-0.3, -0.25) is 9.36 Å². The van der Waals surface area contributed by atoms with E-state index in [-0.39, 0.29) is 23.0 Å². The fourth-order valence-electron chi connectivity index (χ4n) is 3.94. The maximum Gasteiger partial charge on any atom is 0.240 e. The molecule has 2 fully saturated rings. The van der Waals surface area contributed by atoms with Crippen LogP contribution in [0.5, 0.6) is 0 Å². The van der Waals surface area contributed by atoms with Gasteiger partial charge in [-0.25, -0.2) is 4.39 Å². The van der Waals surface area contributed by atoms with Gasteiger partial charge in [0.25, 0.3) is 0 Å². The molecule has 3 aromatic rings. The van der Waals surface area contributed by atoms with Crippen LogP contribution in [-0.2, 0) is 4.79 Å². The van der Waals surface area contributed by atoms with E-state index in [9.17, 15) is 9.18 Å². The van der Waals surface area contributed by atoms with Crippen LogP contribution in [-0.4, -0.2) is 38.7 Å². The molecule has 2 aromatic carbocycles. The Labute approximate surface area is 179 Å². The number of carbonyl (C=O) groups excluding carboxylic acids is 1. The number of halogens is 1. The summed E-state index contributed by atoms with van der Waals surface area (Å²) in [5.74, 6) is 0.344. The van der Waals surface area contributed by atoms with Crippen molar-refractivity contribution in [3.8, 4) is 11.4 Å². The zero-order valence-electron chi connectivity index (χ0n) is 16.6. The molecule has 1 unspecified atom stereocenters. The maximum absolute atomic E-state index is 14.5. The zero-order chi connectivity index (χ0) is 20.5. The molecule has 1 atom stereocenters. The minimum Gasteiger partial charge on any atom is -0.341 e. The number of thioether (sulfide) groups is 1. The molecule has 30 heavy (non-hydrogen) atoms. The lowest BCUT2D eigenvalue weighted by Crippen LogP contribution is -2.31. The minimum atomic E-state index is -0.389. The fourth-order valence-corrected chi connectivity index (χ4v) is 5.13. The normalized spacial score (nSPS) is 17.3. The number of hydrogen-bond acceptors (Lipinski definition) is 4. The van der Waals surface area contributed by atoms with Crippen molar-refractivity contribution >= 4 is 17.7 Å². The summed E-state index contributed by atoms with van der Waals surface area (Å²) in [7, 11) is 0. The second kappa shape index (κ2) is 8.22. The molecule has 1 aliphatic heterocycles. The number of likely N-dealkylation sites (tertiary alicyclic amines) is 1. The smallest absolute Gasteiger partial charge is 0.240 e. The number of amides is 1. The maximum atomic E-state index is 14.5. The molecule has 1 aromatic heterocycles. The lowest BCUT2D eigenvalue weighted by molar-refractivity contribution is -0.129. The molecule has 2 heterocycles. The molecular formula is C23H23FN4OS. The van der Waals surface area contributed by atoms with E-state index in [4.69, 9.17) is 0 Å². The van der Waals surface area contributed by atoms with E-state index in [1.165, 1.54) is 17.8 Å². The van der Waals surface area contributed by atoms with Gasteiger partial charge in [-0.2, -0.15) is 0 Å². The molecule has 7 heteroatoms. The van der Waals surface area contributed by atoms with E-state index in [0.717, 1.165) is 44.3 Å². The Morgan fingerprint density at radius 2 is 1.70 bits per heavy atom. The second-order valence-corrected chi connectivity index (χ2v) is 8.90. The zero-order valence-corrected chi connectivity index (χ0v) is 17.4. The number of benzene rings is 2. The Kier molecular flexibility index (Phi) is 5.29. The first-order valence-electron chi connectivity index (χ1n) is 10.4. The first-order chi connectivity index (χ1) is 14.7. The topological polar surface area (TPSA) is 51.0 Å². The lowest BCUT2D eigenvalue weighted by atomic mass is 10.1. The molecule has 1 saturated carbocycles. The van der Waals surface area contributed by atoms with Crippen LogP contribution in [0.3, 0.4) is 0 Å². The van der Waals surface area contributed by atoms with Crippen molar-refractivity contribution in [3.63, 3.8) is 0 Å². The molecular weight excluding hydrogens is 399 g/mol. The minimum absolute atomic E-state index is 0.112. The van der Waals surface area contributed by atoms with Crippen molar-refractivity contribution in [2.24, 2.45) is 0 Å². The molecule has 1 aliphatic carbocycles. The Morgan fingerprint density at radius 3 is 2.40 bits per heavy atom. The Balaban J connectivity index is 1.52. The van der Waals surface area contributed by atoms with Gasteiger partial charge in [-0.1, -0.05) is 54.2 Å². The molecule has 1 amide bonds. The van der Waals surface area contributed by atoms with Gasteiger partial charge < -0.3 is 4.90 Å². The van der Waals surface area contributed by atoms with Gasteiger partial charge in [0.05, 0.1) is 5.56 Å². The number of carbonyl (C=O) groups is 1. The monoisotopic (exact) mass is 422 g/mol. The van der Waals surface area contributed by atoms with Gasteiger partial charge >= 0.3 is 0 Å². The van der Waals surface area contributed by atoms with E-state index in [1.54, 1.807) is 18.2 Å². The van der Waals surface area contributed by atoms with Crippen LogP contribution in [0.15, 0.2) is 59.8 Å². The molecule has 0 bridgehead atoms. The summed E-state index contributed by atoms with van der Waals surface area (Å²) < 4.78 is 16.5. The lowest BCUT2D eigenvalue weighted by Gasteiger charge is -2.23. The molecule has 154 valence electrons. The fraction of sp³-hybridized carbons (Fsp3) is 0.348. The van der Waals surface area contributed by atoms with E-state index < -0.39 is 0 Å². The number of nitrogens with zero attached hydrogens (tertiary/aromatic N) is 4. The predicted molar refractivity (Wildman–Crippen MR) is 115 cm³/mol. The highest BCUT2D eigenvalue weighted by Crippen LogP contribution is 2.45. The molecule has 0 radical (unpaired) electrons. The van der Waals surface area contributed by atoms with Crippen LogP contribution in [0.4, 0.5) is 4.39 Å². The van der Waals surface area contributed by atoms with Gasteiger partial charge in [0.15, 0.2) is 11.0 Å². The summed E-state index contributed by atoms with van der Waals surface area (Å²) in [6.07, 6.45) is 4.13. The third-order valence-corrected chi connectivity index (χ3v) is 6.86. The van der Waals surface area contributed by atoms with Gasteiger partial charge in [0.2, 0.25) is 5.91 Å². The van der Waals surface area contributed by atoms with Crippen LogP contribution in [0, 0.1) is 5.82 Å². The van der Waals surface area contributed by atoms with Gasteiger partial charge in [0.1, 0.15) is 11.1 Å². The predicted octanol–water partition coefficient (Wildman–Crippen LogP) is 4.87. The summed E-state index contributed by atoms with van der Waals surface area (Å²) in [5, 5.41) is 9.04. The summed E-state index contributed by atoms with van der Waals surface area (Å²) in [5.41, 5.74) is 1.41. The van der Waals surface area contributed by atoms with Crippen LogP contribution in [0.1, 0.15) is 42.5 Å². The third-order valence-electron chi connectivity index (χ3n) is 5.66. The number of aromatic nitrogens is 3. The highest BCUT2D eigenvalue weighted by molar-refractivity contribution is 8.00. The van der Waals surface area contributed by atoms with Crippen molar-refractivity contribution in [2.45, 2.75) is 42.1 Å². The Bertz CT molecular complexity index is 1040. The molecule has 1 saturated heterocycles. The van der Waals surface area contributed by atoms with Gasteiger partial charge in [-0.15, -0.1) is 10.2 Å². The second-order valence-electron chi connectivity index (χ2n) is 7.83. The van der Waals surface area contributed by atoms with Crippen LogP contribution in [0.25, 0.3) is 11.4 Å². The van der Waals surface area contributed by atoms with Crippen molar-refractivity contribution in [1.82, 2.24) is 19.7 Å². The van der Waals surface area contributed by atoms with Crippen LogP contribution < -0.4 is 0 Å². The summed E-state index contributed by atoms with van der Waals surface area (Å²) >= 11 is 1.43. The van der Waals surface area contributed by atoms with E-state index in [2.05, 4.69) is 10.2 Å². The van der Waals surface area contributed by atoms with Crippen molar-refractivity contribution < 1.29 is 9.18 Å². The largest absolute Gasteiger partial charge is 0.341 e.